The average molecular weight is 376 g/mol. The van der Waals surface area contributed by atoms with Gasteiger partial charge in [-0.1, -0.05) is 27.2 Å². The molecule has 4 atom stereocenters. The molecule has 0 radical (unpaired) electrons. The molecule has 2 aliphatic carbocycles. The molecule has 1 heterocycles. The Morgan fingerprint density at radius 1 is 1.30 bits per heavy atom. The Morgan fingerprint density at radius 2 is 2.00 bits per heavy atom. The van der Waals surface area contributed by atoms with Crippen LogP contribution in [0.1, 0.15) is 72.3 Å². The Morgan fingerprint density at radius 3 is 2.59 bits per heavy atom. The van der Waals surface area contributed by atoms with E-state index < -0.39 is 22.6 Å². The van der Waals surface area contributed by atoms with E-state index in [1.807, 2.05) is 6.07 Å². The van der Waals surface area contributed by atoms with Gasteiger partial charge in [0.2, 0.25) is 0 Å². The molecule has 0 bridgehead atoms. The second-order valence-corrected chi connectivity index (χ2v) is 9.56. The lowest BCUT2D eigenvalue weighted by Crippen LogP contribution is -2.74. The highest BCUT2D eigenvalue weighted by atomic mass is 16.6. The molecule has 2 aliphatic rings. The highest BCUT2D eigenvalue weighted by Crippen LogP contribution is 2.64. The number of aryl methyl sites for hydroxylation is 1. The minimum atomic E-state index is -1.54. The molecule has 2 saturated carbocycles. The molecule has 1 aromatic heterocycles. The first kappa shape index (κ1) is 20.1. The fourth-order valence-corrected chi connectivity index (χ4v) is 5.99. The normalized spacial score (nSPS) is 38.3. The molecule has 150 valence electrons. The van der Waals surface area contributed by atoms with Crippen LogP contribution in [0.2, 0.25) is 0 Å². The number of carbonyl (C=O) groups excluding carboxylic acids is 2. The molecule has 0 unspecified atom stereocenters. The fourth-order valence-electron chi connectivity index (χ4n) is 5.99. The first-order valence-electron chi connectivity index (χ1n) is 9.93. The number of aliphatic hydroxyl groups is 1. The Hall–Kier alpha value is -1.62. The molecule has 3 rings (SSSR count). The van der Waals surface area contributed by atoms with Crippen LogP contribution in [0.4, 0.5) is 0 Å². The fraction of sp³-hybridized carbons (Fsp3) is 0.727. The van der Waals surface area contributed by atoms with E-state index in [2.05, 4.69) is 20.8 Å². The van der Waals surface area contributed by atoms with Gasteiger partial charge in [0.1, 0.15) is 5.60 Å². The van der Waals surface area contributed by atoms with Crippen molar-refractivity contribution in [1.29, 1.82) is 0 Å². The summed E-state index contributed by atoms with van der Waals surface area (Å²) in [4.78, 5) is 25.1. The highest BCUT2D eigenvalue weighted by molar-refractivity contribution is 5.92. The minimum Gasteiger partial charge on any atom is -0.472 e. The van der Waals surface area contributed by atoms with Gasteiger partial charge in [-0.3, -0.25) is 9.59 Å². The molecule has 0 saturated heterocycles. The van der Waals surface area contributed by atoms with Crippen molar-refractivity contribution in [3.63, 3.8) is 0 Å². The Kier molecular flexibility index (Phi) is 4.82. The van der Waals surface area contributed by atoms with Gasteiger partial charge >= 0.3 is 5.97 Å². The maximum atomic E-state index is 13.3. The molecule has 0 aliphatic heterocycles. The van der Waals surface area contributed by atoms with Crippen LogP contribution in [0.25, 0.3) is 0 Å². The quantitative estimate of drug-likeness (QED) is 0.802. The van der Waals surface area contributed by atoms with E-state index in [1.165, 1.54) is 6.92 Å². The number of hydrogen-bond donors (Lipinski definition) is 1. The first-order chi connectivity index (χ1) is 12.5. The van der Waals surface area contributed by atoms with Gasteiger partial charge in [-0.15, -0.1) is 0 Å². The van der Waals surface area contributed by atoms with Crippen LogP contribution in [-0.2, 0) is 20.7 Å². The maximum Gasteiger partial charge on any atom is 0.303 e. The molecule has 0 amide bonds. The second kappa shape index (κ2) is 6.47. The smallest absolute Gasteiger partial charge is 0.303 e. The van der Waals surface area contributed by atoms with Gasteiger partial charge in [-0.2, -0.15) is 0 Å². The largest absolute Gasteiger partial charge is 0.472 e. The van der Waals surface area contributed by atoms with Crippen LogP contribution in [0.5, 0.6) is 0 Å². The molecule has 0 spiro atoms. The van der Waals surface area contributed by atoms with Crippen molar-refractivity contribution in [3.8, 4) is 0 Å². The van der Waals surface area contributed by atoms with Crippen molar-refractivity contribution in [2.45, 2.75) is 84.3 Å². The summed E-state index contributed by atoms with van der Waals surface area (Å²) in [6.07, 6.45) is 7.31. The number of ketones is 1. The molecule has 1 N–H and O–H groups in total. The zero-order valence-electron chi connectivity index (χ0n) is 17.1. The minimum absolute atomic E-state index is 0.0456. The van der Waals surface area contributed by atoms with Gasteiger partial charge in [0, 0.05) is 18.8 Å². The van der Waals surface area contributed by atoms with Crippen LogP contribution in [0.15, 0.2) is 23.0 Å². The SMILES string of the molecule is CC(=O)O[C@@]1(C)C(=O)C[C@H]2C(C)(C)CCC[C@]2(C)[C@@]1(O)CCc1ccoc1. The third-order valence-electron chi connectivity index (χ3n) is 7.59. The summed E-state index contributed by atoms with van der Waals surface area (Å²) in [5.74, 6) is -0.668. The zero-order valence-corrected chi connectivity index (χ0v) is 17.1. The number of Topliss-reactive ketones (excluding diaryl/α,β-unsaturated/α-hetero) is 1. The van der Waals surface area contributed by atoms with Gasteiger partial charge in [0.25, 0.3) is 0 Å². The van der Waals surface area contributed by atoms with Gasteiger partial charge in [-0.25, -0.2) is 0 Å². The van der Waals surface area contributed by atoms with Crippen LogP contribution < -0.4 is 0 Å². The van der Waals surface area contributed by atoms with Crippen LogP contribution >= 0.6 is 0 Å². The van der Waals surface area contributed by atoms with Crippen LogP contribution in [0, 0.1) is 16.7 Å². The van der Waals surface area contributed by atoms with Gasteiger partial charge in [0.05, 0.1) is 12.5 Å². The first-order valence-corrected chi connectivity index (χ1v) is 9.93. The maximum absolute atomic E-state index is 13.3. The number of hydrogen-bond acceptors (Lipinski definition) is 5. The van der Waals surface area contributed by atoms with E-state index in [1.54, 1.807) is 19.5 Å². The Bertz CT molecular complexity index is 721. The molecule has 0 aromatic carbocycles. The zero-order chi connectivity index (χ0) is 20.1. The van der Waals surface area contributed by atoms with Crippen molar-refractivity contribution in [3.05, 3.63) is 24.2 Å². The third kappa shape index (κ3) is 2.95. The Balaban J connectivity index is 2.09. The molecule has 5 heteroatoms. The van der Waals surface area contributed by atoms with Crippen molar-refractivity contribution >= 4 is 11.8 Å². The molecule has 27 heavy (non-hydrogen) atoms. The number of rotatable bonds is 4. The summed E-state index contributed by atoms with van der Waals surface area (Å²) in [6, 6.07) is 1.86. The van der Waals surface area contributed by atoms with E-state index in [4.69, 9.17) is 9.15 Å². The van der Waals surface area contributed by atoms with Crippen molar-refractivity contribution in [2.75, 3.05) is 0 Å². The highest BCUT2D eigenvalue weighted by Gasteiger charge is 2.71. The molecular formula is C22H32O5. The standard InChI is InChI=1S/C22H32O5/c1-15(23)27-21(5)18(24)13-17-19(2,3)9-6-10-20(17,4)22(21,25)11-7-16-8-12-26-14-16/h8,12,14,17,25H,6-7,9-11,13H2,1-5H3/t17-,20-,21-,22-/m0/s1. The van der Waals surface area contributed by atoms with Crippen molar-refractivity contribution in [2.24, 2.45) is 16.7 Å². The monoisotopic (exact) mass is 376 g/mol. The molecule has 2 fully saturated rings. The number of ether oxygens (including phenoxy) is 1. The van der Waals surface area contributed by atoms with Gasteiger partial charge in [-0.05, 0) is 55.6 Å². The predicted molar refractivity (Wildman–Crippen MR) is 101 cm³/mol. The number of fused-ring (bicyclic) bond motifs is 1. The lowest BCUT2D eigenvalue weighted by atomic mass is 9.42. The van der Waals surface area contributed by atoms with E-state index in [0.29, 0.717) is 19.3 Å². The second-order valence-electron chi connectivity index (χ2n) is 9.56. The van der Waals surface area contributed by atoms with E-state index in [-0.39, 0.29) is 17.1 Å². The summed E-state index contributed by atoms with van der Waals surface area (Å²) in [5, 5.41) is 12.2. The predicted octanol–water partition coefficient (Wildman–Crippen LogP) is 4.07. The summed E-state index contributed by atoms with van der Waals surface area (Å²) in [6.45, 7) is 9.37. The summed E-state index contributed by atoms with van der Waals surface area (Å²) in [5.41, 5.74) is -2.59. The van der Waals surface area contributed by atoms with Crippen LogP contribution in [0.3, 0.4) is 0 Å². The molecule has 1 aromatic rings. The van der Waals surface area contributed by atoms with Crippen molar-refractivity contribution < 1.29 is 23.8 Å². The lowest BCUT2D eigenvalue weighted by Gasteiger charge is -2.64. The number of carbonyl (C=O) groups is 2. The van der Waals surface area contributed by atoms with Crippen LogP contribution in [-0.4, -0.2) is 28.1 Å². The molecule has 5 nitrogen and oxygen atoms in total. The number of furan rings is 1. The third-order valence-corrected chi connectivity index (χ3v) is 7.59. The van der Waals surface area contributed by atoms with Crippen molar-refractivity contribution in [1.82, 2.24) is 0 Å². The summed E-state index contributed by atoms with van der Waals surface area (Å²) in [7, 11) is 0. The van der Waals surface area contributed by atoms with Gasteiger partial charge in [0.15, 0.2) is 11.4 Å². The van der Waals surface area contributed by atoms with Gasteiger partial charge < -0.3 is 14.3 Å². The number of esters is 1. The average Bonchev–Trinajstić information content (AvgIpc) is 3.07. The summed E-state index contributed by atoms with van der Waals surface area (Å²) < 4.78 is 10.8. The van der Waals surface area contributed by atoms with E-state index in [9.17, 15) is 14.7 Å². The Labute approximate surface area is 161 Å². The molecular weight excluding hydrogens is 344 g/mol. The lowest BCUT2D eigenvalue weighted by molar-refractivity contribution is -0.264. The van der Waals surface area contributed by atoms with E-state index in [0.717, 1.165) is 24.8 Å². The van der Waals surface area contributed by atoms with E-state index >= 15 is 0 Å². The summed E-state index contributed by atoms with van der Waals surface area (Å²) >= 11 is 0. The topological polar surface area (TPSA) is 76.7 Å².